The molecule has 0 bridgehead atoms. The highest BCUT2D eigenvalue weighted by atomic mass is 16.5. The molecule has 0 spiro atoms. The molecule has 2 rings (SSSR count). The first kappa shape index (κ1) is 21.6. The Bertz CT molecular complexity index is 680. The number of amides is 1. The monoisotopic (exact) mass is 386 g/mol. The number of ether oxygens (including phenoxy) is 1. The van der Waals surface area contributed by atoms with Gasteiger partial charge in [0.1, 0.15) is 17.4 Å². The number of nitrogens with zero attached hydrogens (tertiary/aromatic N) is 3. The SMILES string of the molecule is CCCCOc1ccc(N(CCCCCCC(=O)NO)c2ccccn2)nc1. The molecular weight excluding hydrogens is 356 g/mol. The number of carbonyl (C=O) groups excluding carboxylic acids is 1. The fraction of sp³-hybridized carbons (Fsp3) is 0.476. The Kier molecular flexibility index (Phi) is 9.79. The molecule has 0 fully saturated rings. The van der Waals surface area contributed by atoms with E-state index in [2.05, 4.69) is 21.8 Å². The minimum Gasteiger partial charge on any atom is -0.492 e. The lowest BCUT2D eigenvalue weighted by molar-refractivity contribution is -0.129. The van der Waals surface area contributed by atoms with Crippen LogP contribution >= 0.6 is 0 Å². The fourth-order valence-corrected chi connectivity index (χ4v) is 2.78. The molecule has 2 aromatic rings. The van der Waals surface area contributed by atoms with Gasteiger partial charge in [-0.05, 0) is 43.5 Å². The van der Waals surface area contributed by atoms with Gasteiger partial charge in [-0.3, -0.25) is 10.0 Å². The molecule has 2 aromatic heterocycles. The second kappa shape index (κ2) is 12.7. The van der Waals surface area contributed by atoms with Crippen LogP contribution in [0.1, 0.15) is 51.9 Å². The Labute approximate surface area is 166 Å². The summed E-state index contributed by atoms with van der Waals surface area (Å²) in [7, 11) is 0. The van der Waals surface area contributed by atoms with Gasteiger partial charge in [-0.15, -0.1) is 0 Å². The molecule has 28 heavy (non-hydrogen) atoms. The quantitative estimate of drug-likeness (QED) is 0.304. The van der Waals surface area contributed by atoms with Crippen LogP contribution in [0.5, 0.6) is 5.75 Å². The van der Waals surface area contributed by atoms with Crippen molar-refractivity contribution < 1.29 is 14.7 Å². The van der Waals surface area contributed by atoms with Gasteiger partial charge >= 0.3 is 0 Å². The molecule has 7 nitrogen and oxygen atoms in total. The van der Waals surface area contributed by atoms with E-state index in [0.29, 0.717) is 13.0 Å². The number of hydrogen-bond donors (Lipinski definition) is 2. The first-order chi connectivity index (χ1) is 13.7. The molecule has 0 saturated carbocycles. The Morgan fingerprint density at radius 1 is 1.07 bits per heavy atom. The Hall–Kier alpha value is -2.67. The second-order valence-corrected chi connectivity index (χ2v) is 6.59. The largest absolute Gasteiger partial charge is 0.492 e. The van der Waals surface area contributed by atoms with Crippen LogP contribution in [0.15, 0.2) is 42.7 Å². The van der Waals surface area contributed by atoms with Gasteiger partial charge in [-0.2, -0.15) is 0 Å². The van der Waals surface area contributed by atoms with Crippen molar-refractivity contribution >= 4 is 17.5 Å². The average molecular weight is 386 g/mol. The highest BCUT2D eigenvalue weighted by molar-refractivity contribution is 5.74. The van der Waals surface area contributed by atoms with Crippen LogP contribution < -0.4 is 15.1 Å². The Morgan fingerprint density at radius 2 is 1.89 bits per heavy atom. The maximum absolute atomic E-state index is 11.0. The molecule has 0 aliphatic heterocycles. The molecule has 0 aromatic carbocycles. The maximum atomic E-state index is 11.0. The fourth-order valence-electron chi connectivity index (χ4n) is 2.78. The average Bonchev–Trinajstić information content (AvgIpc) is 2.74. The molecule has 7 heteroatoms. The Morgan fingerprint density at radius 3 is 2.57 bits per heavy atom. The minimum atomic E-state index is -0.333. The molecule has 0 radical (unpaired) electrons. The third-order valence-corrected chi connectivity index (χ3v) is 4.35. The van der Waals surface area contributed by atoms with E-state index in [0.717, 1.165) is 62.5 Å². The van der Waals surface area contributed by atoms with Crippen molar-refractivity contribution in [2.24, 2.45) is 0 Å². The van der Waals surface area contributed by atoms with Crippen LogP contribution in [0.3, 0.4) is 0 Å². The first-order valence-electron chi connectivity index (χ1n) is 9.95. The minimum absolute atomic E-state index is 0.333. The third kappa shape index (κ3) is 7.52. The summed E-state index contributed by atoms with van der Waals surface area (Å²) in [6, 6.07) is 9.74. The van der Waals surface area contributed by atoms with Crippen LogP contribution in [0.25, 0.3) is 0 Å². The molecular formula is C21H30N4O3. The maximum Gasteiger partial charge on any atom is 0.243 e. The van der Waals surface area contributed by atoms with E-state index < -0.39 is 0 Å². The predicted octanol–water partition coefficient (Wildman–Crippen LogP) is 4.25. The van der Waals surface area contributed by atoms with Crippen molar-refractivity contribution in [3.8, 4) is 5.75 Å². The van der Waals surface area contributed by atoms with Gasteiger partial charge in [0.15, 0.2) is 0 Å². The van der Waals surface area contributed by atoms with Crippen molar-refractivity contribution in [1.29, 1.82) is 0 Å². The second-order valence-electron chi connectivity index (χ2n) is 6.59. The molecule has 0 aliphatic rings. The van der Waals surface area contributed by atoms with Gasteiger partial charge in [0, 0.05) is 19.2 Å². The predicted molar refractivity (Wildman–Crippen MR) is 109 cm³/mol. The van der Waals surface area contributed by atoms with Crippen LogP contribution in [-0.2, 0) is 4.79 Å². The topological polar surface area (TPSA) is 87.6 Å². The molecule has 0 unspecified atom stereocenters. The summed E-state index contributed by atoms with van der Waals surface area (Å²) in [5, 5.41) is 8.51. The zero-order chi connectivity index (χ0) is 20.0. The van der Waals surface area contributed by atoms with Gasteiger partial charge in [-0.25, -0.2) is 15.4 Å². The van der Waals surface area contributed by atoms with Crippen molar-refractivity contribution in [2.75, 3.05) is 18.1 Å². The van der Waals surface area contributed by atoms with E-state index in [1.54, 1.807) is 17.9 Å². The number of carbonyl (C=O) groups is 1. The van der Waals surface area contributed by atoms with Gasteiger partial charge in [0.2, 0.25) is 5.91 Å². The lowest BCUT2D eigenvalue weighted by atomic mass is 10.1. The number of unbranched alkanes of at least 4 members (excludes halogenated alkanes) is 4. The molecule has 2 heterocycles. The lowest BCUT2D eigenvalue weighted by Gasteiger charge is -2.23. The van der Waals surface area contributed by atoms with Crippen LogP contribution in [0.2, 0.25) is 0 Å². The lowest BCUT2D eigenvalue weighted by Crippen LogP contribution is -2.20. The number of rotatable bonds is 13. The summed E-state index contributed by atoms with van der Waals surface area (Å²) in [5.74, 6) is 2.14. The van der Waals surface area contributed by atoms with E-state index in [1.165, 1.54) is 0 Å². The normalized spacial score (nSPS) is 10.5. The summed E-state index contributed by atoms with van der Waals surface area (Å²) < 4.78 is 5.69. The molecule has 152 valence electrons. The molecule has 1 amide bonds. The summed E-state index contributed by atoms with van der Waals surface area (Å²) in [4.78, 5) is 22.2. The number of hydroxylamine groups is 1. The standard InChI is InChI=1S/C21H30N4O3/c1-2-3-16-28-18-12-13-20(23-17-18)25(19-10-7-8-14-22-19)15-9-5-4-6-11-21(26)24-27/h7-8,10,12-14,17,27H,2-6,9,11,15-16H2,1H3,(H,24,26). The highest BCUT2D eigenvalue weighted by Crippen LogP contribution is 2.24. The number of nitrogens with one attached hydrogen (secondary N) is 1. The molecule has 0 aliphatic carbocycles. The summed E-state index contributed by atoms with van der Waals surface area (Å²) >= 11 is 0. The highest BCUT2D eigenvalue weighted by Gasteiger charge is 2.12. The van der Waals surface area contributed by atoms with Crippen LogP contribution in [0, 0.1) is 0 Å². The van der Waals surface area contributed by atoms with E-state index >= 15 is 0 Å². The third-order valence-electron chi connectivity index (χ3n) is 4.35. The van der Waals surface area contributed by atoms with E-state index in [-0.39, 0.29) is 5.91 Å². The smallest absolute Gasteiger partial charge is 0.243 e. The van der Waals surface area contributed by atoms with Crippen molar-refractivity contribution in [3.05, 3.63) is 42.7 Å². The van der Waals surface area contributed by atoms with Gasteiger partial charge < -0.3 is 9.64 Å². The molecule has 0 atom stereocenters. The number of aromatic nitrogens is 2. The van der Waals surface area contributed by atoms with Crippen LogP contribution in [-0.4, -0.2) is 34.2 Å². The van der Waals surface area contributed by atoms with Crippen molar-refractivity contribution in [3.63, 3.8) is 0 Å². The van der Waals surface area contributed by atoms with E-state index in [4.69, 9.17) is 9.94 Å². The number of pyridine rings is 2. The zero-order valence-electron chi connectivity index (χ0n) is 16.5. The zero-order valence-corrected chi connectivity index (χ0v) is 16.5. The molecule has 0 saturated heterocycles. The van der Waals surface area contributed by atoms with Gasteiger partial charge in [0.25, 0.3) is 0 Å². The number of anilines is 2. The summed E-state index contributed by atoms with van der Waals surface area (Å²) in [5.41, 5.74) is 1.66. The van der Waals surface area contributed by atoms with Gasteiger partial charge in [0.05, 0.1) is 12.8 Å². The summed E-state index contributed by atoms with van der Waals surface area (Å²) in [6.07, 6.45) is 9.65. The van der Waals surface area contributed by atoms with Crippen molar-refractivity contribution in [1.82, 2.24) is 15.4 Å². The number of hydrogen-bond acceptors (Lipinski definition) is 6. The summed E-state index contributed by atoms with van der Waals surface area (Å²) in [6.45, 7) is 3.62. The molecule has 2 N–H and O–H groups in total. The van der Waals surface area contributed by atoms with E-state index in [1.807, 2.05) is 30.3 Å². The van der Waals surface area contributed by atoms with Crippen molar-refractivity contribution in [2.45, 2.75) is 51.9 Å². The first-order valence-corrected chi connectivity index (χ1v) is 9.95. The Balaban J connectivity index is 1.92. The van der Waals surface area contributed by atoms with E-state index in [9.17, 15) is 4.79 Å². The van der Waals surface area contributed by atoms with Gasteiger partial charge in [-0.1, -0.05) is 32.3 Å². The van der Waals surface area contributed by atoms with Crippen LogP contribution in [0.4, 0.5) is 11.6 Å².